The molecule has 0 saturated carbocycles. The minimum Gasteiger partial charge on any atom is -0.481 e. The molecule has 9 heteroatoms. The van der Waals surface area contributed by atoms with Crippen molar-refractivity contribution in [3.8, 4) is 0 Å². The first-order chi connectivity index (χ1) is 9.84. The highest BCUT2D eigenvalue weighted by Gasteiger charge is 2.39. The number of nitro groups is 1. The van der Waals surface area contributed by atoms with E-state index in [1.54, 1.807) is 0 Å². The van der Waals surface area contributed by atoms with E-state index in [9.17, 15) is 23.3 Å². The van der Waals surface area contributed by atoms with E-state index in [4.69, 9.17) is 5.11 Å². The van der Waals surface area contributed by atoms with Crippen LogP contribution in [-0.4, -0.2) is 41.3 Å². The predicted octanol–water partition coefficient (Wildman–Crippen LogP) is 1.22. The van der Waals surface area contributed by atoms with Crippen LogP contribution in [0.25, 0.3) is 0 Å². The minimum atomic E-state index is -4.08. The summed E-state index contributed by atoms with van der Waals surface area (Å²) in [5.74, 6) is -1.09. The molecule has 8 nitrogen and oxygen atoms in total. The smallest absolute Gasteiger partial charge is 0.304 e. The number of carboxylic acids is 1. The van der Waals surface area contributed by atoms with Crippen molar-refractivity contribution in [2.75, 3.05) is 6.54 Å². The first-order valence-corrected chi connectivity index (χ1v) is 7.75. The lowest BCUT2D eigenvalue weighted by atomic mass is 10.2. The first-order valence-electron chi connectivity index (χ1n) is 6.31. The fraction of sp³-hybridized carbons (Fsp3) is 0.417. The standard InChI is InChI=1S/C12H14N2O6S/c15-12(16)8-9-4-3-7-13(9)21(19,20)11-6-2-1-5-10(11)14(17)18/h1-2,5-6,9H,3-4,7-8H2,(H,15,16). The van der Waals surface area contributed by atoms with Crippen molar-refractivity contribution >= 4 is 21.7 Å². The summed E-state index contributed by atoms with van der Waals surface area (Å²) in [5.41, 5.74) is -0.501. The maximum atomic E-state index is 12.6. The number of hydrogen-bond donors (Lipinski definition) is 1. The monoisotopic (exact) mass is 314 g/mol. The fourth-order valence-electron chi connectivity index (χ4n) is 2.48. The van der Waals surface area contributed by atoms with Crippen molar-refractivity contribution in [1.82, 2.24) is 4.31 Å². The fourth-order valence-corrected chi connectivity index (χ4v) is 4.34. The van der Waals surface area contributed by atoms with Crippen molar-refractivity contribution in [2.24, 2.45) is 0 Å². The van der Waals surface area contributed by atoms with Gasteiger partial charge in [-0.3, -0.25) is 14.9 Å². The van der Waals surface area contributed by atoms with Crippen molar-refractivity contribution in [3.05, 3.63) is 34.4 Å². The summed E-state index contributed by atoms with van der Waals surface area (Å²) < 4.78 is 26.2. The van der Waals surface area contributed by atoms with E-state index in [2.05, 4.69) is 0 Å². The summed E-state index contributed by atoms with van der Waals surface area (Å²) >= 11 is 0. The number of carboxylic acid groups (broad SMARTS) is 1. The van der Waals surface area contributed by atoms with Crippen molar-refractivity contribution in [3.63, 3.8) is 0 Å². The third kappa shape index (κ3) is 3.03. The van der Waals surface area contributed by atoms with Crippen molar-refractivity contribution in [1.29, 1.82) is 0 Å². The second kappa shape index (κ2) is 5.78. The molecule has 1 atom stereocenters. The van der Waals surface area contributed by atoms with Gasteiger partial charge in [0.15, 0.2) is 4.90 Å². The van der Waals surface area contributed by atoms with Crippen LogP contribution >= 0.6 is 0 Å². The Bertz CT molecular complexity index is 672. The zero-order valence-corrected chi connectivity index (χ0v) is 11.8. The third-order valence-electron chi connectivity index (χ3n) is 3.38. The SMILES string of the molecule is O=C(O)CC1CCCN1S(=O)(=O)c1ccccc1[N+](=O)[O-]. The molecule has 2 rings (SSSR count). The number of para-hydroxylation sites is 1. The maximum absolute atomic E-state index is 12.6. The highest BCUT2D eigenvalue weighted by Crippen LogP contribution is 2.32. The second-order valence-corrected chi connectivity index (χ2v) is 6.59. The van der Waals surface area contributed by atoms with Gasteiger partial charge in [0.05, 0.1) is 11.3 Å². The van der Waals surface area contributed by atoms with E-state index in [1.807, 2.05) is 0 Å². The van der Waals surface area contributed by atoms with Gasteiger partial charge in [0.25, 0.3) is 5.69 Å². The lowest BCUT2D eigenvalue weighted by Gasteiger charge is -2.22. The van der Waals surface area contributed by atoms with E-state index >= 15 is 0 Å². The molecule has 0 spiro atoms. The van der Waals surface area contributed by atoms with Crippen LogP contribution < -0.4 is 0 Å². The molecule has 1 N–H and O–H groups in total. The summed E-state index contributed by atoms with van der Waals surface area (Å²) in [6, 6.07) is 4.42. The summed E-state index contributed by atoms with van der Waals surface area (Å²) in [6.07, 6.45) is 0.670. The molecule has 1 unspecified atom stereocenters. The van der Waals surface area contributed by atoms with Gasteiger partial charge in [-0.1, -0.05) is 12.1 Å². The molecule has 0 aromatic heterocycles. The Labute approximate surface area is 121 Å². The van der Waals surface area contributed by atoms with Gasteiger partial charge in [0.2, 0.25) is 10.0 Å². The van der Waals surface area contributed by atoms with Crippen molar-refractivity contribution < 1.29 is 23.2 Å². The van der Waals surface area contributed by atoms with Crippen LogP contribution in [-0.2, 0) is 14.8 Å². The first kappa shape index (κ1) is 15.4. The lowest BCUT2D eigenvalue weighted by Crippen LogP contribution is -2.37. The van der Waals surface area contributed by atoms with E-state index in [0.29, 0.717) is 12.8 Å². The molecule has 1 saturated heterocycles. The van der Waals surface area contributed by atoms with E-state index in [-0.39, 0.29) is 13.0 Å². The molecular weight excluding hydrogens is 300 g/mol. The molecule has 1 aliphatic heterocycles. The van der Waals surface area contributed by atoms with E-state index in [1.165, 1.54) is 18.2 Å². The minimum absolute atomic E-state index is 0.173. The highest BCUT2D eigenvalue weighted by atomic mass is 32.2. The Kier molecular flexibility index (Phi) is 4.24. The Hall–Kier alpha value is -2.00. The highest BCUT2D eigenvalue weighted by molar-refractivity contribution is 7.89. The maximum Gasteiger partial charge on any atom is 0.304 e. The molecule has 1 aliphatic rings. The van der Waals surface area contributed by atoms with Crippen LogP contribution in [0.3, 0.4) is 0 Å². The quantitative estimate of drug-likeness (QED) is 0.645. The zero-order chi connectivity index (χ0) is 15.6. The molecule has 1 aromatic rings. The third-order valence-corrected chi connectivity index (χ3v) is 5.38. The van der Waals surface area contributed by atoms with Crippen LogP contribution in [0.15, 0.2) is 29.2 Å². The summed E-state index contributed by atoms with van der Waals surface area (Å²) in [5, 5.41) is 19.8. The summed E-state index contributed by atoms with van der Waals surface area (Å²) in [7, 11) is -4.08. The Morgan fingerprint density at radius 1 is 1.43 bits per heavy atom. The molecule has 0 amide bonds. The molecule has 114 valence electrons. The average Bonchev–Trinajstić information content (AvgIpc) is 2.86. The van der Waals surface area contributed by atoms with Crippen LogP contribution in [0.4, 0.5) is 5.69 Å². The van der Waals surface area contributed by atoms with Gasteiger partial charge in [-0.15, -0.1) is 0 Å². The molecule has 21 heavy (non-hydrogen) atoms. The normalized spacial score (nSPS) is 19.5. The summed E-state index contributed by atoms with van der Waals surface area (Å²) in [6.45, 7) is 0.173. The zero-order valence-electron chi connectivity index (χ0n) is 11.0. The summed E-state index contributed by atoms with van der Waals surface area (Å²) in [4.78, 5) is 20.6. The number of aliphatic carboxylic acids is 1. The Morgan fingerprint density at radius 3 is 2.71 bits per heavy atom. The Balaban J connectivity index is 2.42. The molecule has 0 radical (unpaired) electrons. The topological polar surface area (TPSA) is 118 Å². The van der Waals surface area contributed by atoms with Gasteiger partial charge in [-0.25, -0.2) is 8.42 Å². The molecular formula is C12H14N2O6S. The van der Waals surface area contributed by atoms with E-state index < -0.39 is 37.5 Å². The van der Waals surface area contributed by atoms with Gasteiger partial charge in [0, 0.05) is 18.7 Å². The van der Waals surface area contributed by atoms with Gasteiger partial charge in [-0.2, -0.15) is 4.31 Å². The number of nitrogens with zero attached hydrogens (tertiary/aromatic N) is 2. The van der Waals surface area contributed by atoms with E-state index in [0.717, 1.165) is 10.4 Å². The van der Waals surface area contributed by atoms with Crippen LogP contribution in [0.5, 0.6) is 0 Å². The Morgan fingerprint density at radius 2 is 2.10 bits per heavy atom. The predicted molar refractivity (Wildman–Crippen MR) is 72.3 cm³/mol. The molecule has 0 bridgehead atoms. The number of rotatable bonds is 5. The van der Waals surface area contributed by atoms with Gasteiger partial charge in [-0.05, 0) is 18.9 Å². The van der Waals surface area contributed by atoms with Gasteiger partial charge >= 0.3 is 5.97 Å². The molecule has 1 heterocycles. The van der Waals surface area contributed by atoms with Gasteiger partial charge < -0.3 is 5.11 Å². The van der Waals surface area contributed by atoms with Crippen LogP contribution in [0.1, 0.15) is 19.3 Å². The van der Waals surface area contributed by atoms with Crippen LogP contribution in [0.2, 0.25) is 0 Å². The number of hydrogen-bond acceptors (Lipinski definition) is 5. The van der Waals surface area contributed by atoms with Crippen molar-refractivity contribution in [2.45, 2.75) is 30.2 Å². The number of sulfonamides is 1. The lowest BCUT2D eigenvalue weighted by molar-refractivity contribution is -0.387. The number of nitro benzene ring substituents is 1. The van der Waals surface area contributed by atoms with Crippen LogP contribution in [0, 0.1) is 10.1 Å². The largest absolute Gasteiger partial charge is 0.481 e. The number of carbonyl (C=O) groups is 1. The average molecular weight is 314 g/mol. The van der Waals surface area contributed by atoms with Gasteiger partial charge in [0.1, 0.15) is 0 Å². The molecule has 1 fully saturated rings. The number of benzene rings is 1. The molecule has 0 aliphatic carbocycles. The second-order valence-electron chi connectivity index (χ2n) is 4.73. The molecule has 1 aromatic carbocycles.